The van der Waals surface area contributed by atoms with Crippen molar-refractivity contribution in [2.75, 3.05) is 4.90 Å². The van der Waals surface area contributed by atoms with Crippen molar-refractivity contribution in [2.45, 2.75) is 0 Å². The van der Waals surface area contributed by atoms with Crippen LogP contribution >= 0.6 is 0 Å². The van der Waals surface area contributed by atoms with Crippen LogP contribution in [0.25, 0.3) is 83.1 Å². The van der Waals surface area contributed by atoms with Gasteiger partial charge in [0.25, 0.3) is 0 Å². The number of nitrogens with zero attached hydrogens (tertiary/aromatic N) is 2. The lowest BCUT2D eigenvalue weighted by molar-refractivity contribution is 1.18. The predicted molar refractivity (Wildman–Crippen MR) is 263 cm³/mol. The highest BCUT2D eigenvalue weighted by molar-refractivity contribution is 6.09. The summed E-state index contributed by atoms with van der Waals surface area (Å²) in [5, 5.41) is 2.52. The number of anilines is 3. The van der Waals surface area contributed by atoms with Gasteiger partial charge < -0.3 is 9.47 Å². The molecule has 0 fully saturated rings. The molecule has 0 spiro atoms. The predicted octanol–water partition coefficient (Wildman–Crippen LogP) is 16.6. The fraction of sp³-hybridized carbons (Fsp3) is 0. The summed E-state index contributed by atoms with van der Waals surface area (Å²) in [5.74, 6) is 0. The van der Waals surface area contributed by atoms with E-state index in [1.165, 1.54) is 83.1 Å². The van der Waals surface area contributed by atoms with Crippen molar-refractivity contribution in [3.63, 3.8) is 0 Å². The first-order valence-corrected chi connectivity index (χ1v) is 21.3. The summed E-state index contributed by atoms with van der Waals surface area (Å²) in [6, 6.07) is 91.9. The number of fused-ring (bicyclic) bond motifs is 3. The van der Waals surface area contributed by atoms with Gasteiger partial charge in [-0.1, -0.05) is 194 Å². The minimum absolute atomic E-state index is 1.09. The number of aromatic nitrogens is 1. The van der Waals surface area contributed by atoms with E-state index in [2.05, 4.69) is 264 Å². The number of hydrogen-bond acceptors (Lipinski definition) is 1. The average molecular weight is 791 g/mol. The normalized spacial score (nSPS) is 11.2. The SMILES string of the molecule is c1ccc(-c2ccc(-c3ccc(N(c4ccc(-c5ccccc5)cc4)c4ccc(-c5cccc(-c6ccccc6-n6c7ccccc7c7ccccc76)c5)cc4)cc3)cc2)cc1. The Balaban J connectivity index is 0.934. The number of rotatable bonds is 9. The molecule has 292 valence electrons. The number of hydrogen-bond donors (Lipinski definition) is 0. The van der Waals surface area contributed by atoms with Crippen LogP contribution in [0.5, 0.6) is 0 Å². The molecule has 0 aliphatic rings. The summed E-state index contributed by atoms with van der Waals surface area (Å²) in [7, 11) is 0. The molecule has 0 amide bonds. The van der Waals surface area contributed by atoms with E-state index >= 15 is 0 Å². The van der Waals surface area contributed by atoms with Crippen LogP contribution in [0.15, 0.2) is 255 Å². The van der Waals surface area contributed by atoms with Crippen molar-refractivity contribution < 1.29 is 0 Å². The molecule has 0 aliphatic heterocycles. The van der Waals surface area contributed by atoms with Gasteiger partial charge in [0.2, 0.25) is 0 Å². The smallest absolute Gasteiger partial charge is 0.0541 e. The number of para-hydroxylation sites is 3. The standard InChI is InChI=1S/C60H42N2/c1-3-14-43(15-4-1)45-26-28-46(29-27-45)48-32-38-53(39-33-48)61(52-36-30-47(31-37-52)44-16-5-2-6-17-44)54-40-34-49(35-41-54)50-18-13-19-51(42-50)55-20-7-10-23-58(55)62-59-24-11-8-21-56(59)57-22-9-12-25-60(57)62/h1-42H. The third kappa shape index (κ3) is 6.94. The molecular formula is C60H42N2. The molecule has 0 aliphatic carbocycles. The van der Waals surface area contributed by atoms with Crippen LogP contribution in [0.1, 0.15) is 0 Å². The molecule has 62 heavy (non-hydrogen) atoms. The molecule has 0 saturated heterocycles. The summed E-state index contributed by atoms with van der Waals surface area (Å²) in [5.41, 5.74) is 18.8. The van der Waals surface area contributed by atoms with Crippen LogP contribution in [0.2, 0.25) is 0 Å². The fourth-order valence-corrected chi connectivity index (χ4v) is 8.93. The van der Waals surface area contributed by atoms with Crippen molar-refractivity contribution in [1.29, 1.82) is 0 Å². The first-order valence-electron chi connectivity index (χ1n) is 21.3. The van der Waals surface area contributed by atoms with Gasteiger partial charge in [-0.05, 0) is 111 Å². The van der Waals surface area contributed by atoms with Crippen molar-refractivity contribution in [1.82, 2.24) is 4.57 Å². The summed E-state index contributed by atoms with van der Waals surface area (Å²) >= 11 is 0. The zero-order chi connectivity index (χ0) is 41.2. The van der Waals surface area contributed by atoms with Crippen LogP contribution in [0.4, 0.5) is 17.1 Å². The Hall–Kier alpha value is -8.20. The molecule has 0 N–H and O–H groups in total. The Morgan fingerprint density at radius 2 is 0.581 bits per heavy atom. The highest BCUT2D eigenvalue weighted by Gasteiger charge is 2.17. The van der Waals surface area contributed by atoms with Crippen molar-refractivity contribution in [2.24, 2.45) is 0 Å². The van der Waals surface area contributed by atoms with E-state index in [0.29, 0.717) is 0 Å². The topological polar surface area (TPSA) is 8.17 Å². The molecular weight excluding hydrogens is 749 g/mol. The average Bonchev–Trinajstić information content (AvgIpc) is 3.70. The Morgan fingerprint density at radius 1 is 0.242 bits per heavy atom. The molecule has 1 heterocycles. The van der Waals surface area contributed by atoms with Gasteiger partial charge in [-0.2, -0.15) is 0 Å². The molecule has 10 aromatic carbocycles. The van der Waals surface area contributed by atoms with Gasteiger partial charge in [0.05, 0.1) is 16.7 Å². The van der Waals surface area contributed by atoms with E-state index in [-0.39, 0.29) is 0 Å². The monoisotopic (exact) mass is 790 g/mol. The highest BCUT2D eigenvalue weighted by atomic mass is 15.1. The molecule has 1 aromatic heterocycles. The second-order valence-electron chi connectivity index (χ2n) is 15.8. The zero-order valence-electron chi connectivity index (χ0n) is 34.1. The zero-order valence-corrected chi connectivity index (χ0v) is 34.1. The molecule has 0 unspecified atom stereocenters. The molecule has 0 radical (unpaired) electrons. The van der Waals surface area contributed by atoms with E-state index in [1.54, 1.807) is 0 Å². The molecule has 2 nitrogen and oxygen atoms in total. The maximum Gasteiger partial charge on any atom is 0.0541 e. The first-order chi connectivity index (χ1) is 30.7. The van der Waals surface area contributed by atoms with Gasteiger partial charge in [0.15, 0.2) is 0 Å². The maximum atomic E-state index is 2.41. The number of benzene rings is 10. The lowest BCUT2D eigenvalue weighted by Crippen LogP contribution is -2.09. The molecule has 11 aromatic rings. The lowest BCUT2D eigenvalue weighted by Gasteiger charge is -2.26. The lowest BCUT2D eigenvalue weighted by atomic mass is 9.97. The van der Waals surface area contributed by atoms with Gasteiger partial charge >= 0.3 is 0 Å². The van der Waals surface area contributed by atoms with Crippen LogP contribution in [-0.2, 0) is 0 Å². The van der Waals surface area contributed by atoms with Crippen LogP contribution < -0.4 is 4.90 Å². The van der Waals surface area contributed by atoms with Gasteiger partial charge in [-0.25, -0.2) is 0 Å². The van der Waals surface area contributed by atoms with E-state index in [9.17, 15) is 0 Å². The largest absolute Gasteiger partial charge is 0.311 e. The Morgan fingerprint density at radius 3 is 1.06 bits per heavy atom. The van der Waals surface area contributed by atoms with Crippen LogP contribution in [-0.4, -0.2) is 4.57 Å². The first kappa shape index (κ1) is 36.8. The Labute approximate surface area is 362 Å². The molecule has 2 heteroatoms. The molecule has 0 atom stereocenters. The molecule has 11 rings (SSSR count). The Kier molecular flexibility index (Phi) is 9.57. The maximum absolute atomic E-state index is 2.41. The van der Waals surface area contributed by atoms with E-state index in [1.807, 2.05) is 0 Å². The summed E-state index contributed by atoms with van der Waals surface area (Å²) < 4.78 is 2.41. The Bertz CT molecular complexity index is 3240. The second kappa shape index (κ2) is 16.1. The summed E-state index contributed by atoms with van der Waals surface area (Å²) in [6.45, 7) is 0. The summed E-state index contributed by atoms with van der Waals surface area (Å²) in [4.78, 5) is 2.35. The van der Waals surface area contributed by atoms with Gasteiger partial charge in [0.1, 0.15) is 0 Å². The van der Waals surface area contributed by atoms with Gasteiger partial charge in [0, 0.05) is 33.4 Å². The minimum atomic E-state index is 1.09. The van der Waals surface area contributed by atoms with Crippen LogP contribution in [0, 0.1) is 0 Å². The second-order valence-corrected chi connectivity index (χ2v) is 15.8. The van der Waals surface area contributed by atoms with Crippen molar-refractivity contribution in [3.8, 4) is 61.3 Å². The van der Waals surface area contributed by atoms with Crippen molar-refractivity contribution in [3.05, 3.63) is 255 Å². The minimum Gasteiger partial charge on any atom is -0.311 e. The van der Waals surface area contributed by atoms with E-state index in [4.69, 9.17) is 0 Å². The third-order valence-corrected chi connectivity index (χ3v) is 12.0. The van der Waals surface area contributed by atoms with Crippen molar-refractivity contribution >= 4 is 38.9 Å². The fourth-order valence-electron chi connectivity index (χ4n) is 8.93. The van der Waals surface area contributed by atoms with E-state index < -0.39 is 0 Å². The quantitative estimate of drug-likeness (QED) is 0.141. The third-order valence-electron chi connectivity index (χ3n) is 12.0. The van der Waals surface area contributed by atoms with Gasteiger partial charge in [-0.3, -0.25) is 0 Å². The van der Waals surface area contributed by atoms with E-state index in [0.717, 1.165) is 17.1 Å². The van der Waals surface area contributed by atoms with Crippen LogP contribution in [0.3, 0.4) is 0 Å². The highest BCUT2D eigenvalue weighted by Crippen LogP contribution is 2.40. The molecule has 0 bridgehead atoms. The van der Waals surface area contributed by atoms with Gasteiger partial charge in [-0.15, -0.1) is 0 Å². The summed E-state index contributed by atoms with van der Waals surface area (Å²) in [6.07, 6.45) is 0. The molecule has 0 saturated carbocycles.